The first-order chi connectivity index (χ1) is 8.06. The highest BCUT2D eigenvalue weighted by molar-refractivity contribution is 7.80. The monoisotopic (exact) mass is 268 g/mol. The van der Waals surface area contributed by atoms with E-state index in [1.807, 2.05) is 0 Å². The summed E-state index contributed by atoms with van der Waals surface area (Å²) in [5, 5.41) is 6.44. The van der Waals surface area contributed by atoms with Crippen molar-refractivity contribution < 1.29 is 17.2 Å². The molecule has 1 aliphatic rings. The van der Waals surface area contributed by atoms with E-state index in [9.17, 15) is 8.42 Å². The lowest BCUT2D eigenvalue weighted by molar-refractivity contribution is 0.261. The summed E-state index contributed by atoms with van der Waals surface area (Å²) in [6.07, 6.45) is 3.76. The molecule has 0 aromatic carbocycles. The van der Waals surface area contributed by atoms with Gasteiger partial charge in [-0.1, -0.05) is 26.2 Å². The minimum absolute atomic E-state index is 0.0822. The van der Waals surface area contributed by atoms with Crippen molar-refractivity contribution in [1.29, 1.82) is 0 Å². The van der Waals surface area contributed by atoms with Crippen LogP contribution in [0, 0.1) is 0 Å². The quantitative estimate of drug-likeness (QED) is 0.482. The Morgan fingerprint density at radius 1 is 1.06 bits per heavy atom. The molecule has 17 heavy (non-hydrogen) atoms. The molecule has 3 N–H and O–H groups in total. The van der Waals surface area contributed by atoms with E-state index in [1.54, 1.807) is 0 Å². The molecule has 0 bridgehead atoms. The molecule has 0 saturated carbocycles. The predicted molar refractivity (Wildman–Crippen MR) is 67.4 cm³/mol. The Labute approximate surface area is 104 Å². The molecule has 0 aromatic rings. The Morgan fingerprint density at radius 3 is 1.94 bits per heavy atom. The third-order valence-electron chi connectivity index (χ3n) is 2.19. The highest BCUT2D eigenvalue weighted by Gasteiger charge is 2.01. The normalized spacial score (nSPS) is 16.1. The van der Waals surface area contributed by atoms with Gasteiger partial charge in [0.2, 0.25) is 0 Å². The zero-order valence-electron chi connectivity index (χ0n) is 10.4. The number of hydrogen-bond donors (Lipinski definition) is 3. The Bertz CT molecular complexity index is 242. The fraction of sp³-hybridized carbons (Fsp3) is 1.00. The first kappa shape index (κ1) is 16.8. The van der Waals surface area contributed by atoms with Crippen molar-refractivity contribution in [3.8, 4) is 0 Å². The predicted octanol–water partition coefficient (Wildman–Crippen LogP) is 0.565. The molecule has 0 spiro atoms. The maximum Gasteiger partial charge on any atom is 0.397 e. The van der Waals surface area contributed by atoms with Crippen molar-refractivity contribution >= 4 is 10.4 Å². The van der Waals surface area contributed by atoms with Crippen molar-refractivity contribution in [2.24, 2.45) is 0 Å². The summed E-state index contributed by atoms with van der Waals surface area (Å²) in [5.41, 5.74) is 0. The average Bonchev–Trinajstić information content (AvgIpc) is 2.30. The van der Waals surface area contributed by atoms with Crippen LogP contribution >= 0.6 is 0 Å². The topological polar surface area (TPSA) is 87.7 Å². The maximum atomic E-state index is 10.00. The van der Waals surface area contributed by atoms with E-state index in [-0.39, 0.29) is 6.61 Å². The minimum atomic E-state index is -4.21. The smallest absolute Gasteiger partial charge is 0.314 e. The highest BCUT2D eigenvalue weighted by Crippen LogP contribution is 1.99. The Hall–Kier alpha value is -0.210. The fourth-order valence-electron chi connectivity index (χ4n) is 1.30. The van der Waals surface area contributed by atoms with Gasteiger partial charge in [-0.05, 0) is 6.42 Å². The third-order valence-corrected chi connectivity index (χ3v) is 2.65. The molecule has 1 fully saturated rings. The summed E-state index contributed by atoms with van der Waals surface area (Å²) in [6, 6.07) is 0. The van der Waals surface area contributed by atoms with Crippen LogP contribution in [-0.4, -0.2) is 45.8 Å². The van der Waals surface area contributed by atoms with Crippen molar-refractivity contribution in [2.75, 3.05) is 32.8 Å². The van der Waals surface area contributed by atoms with Gasteiger partial charge in [0.1, 0.15) is 0 Å². The van der Waals surface area contributed by atoms with Gasteiger partial charge in [0.15, 0.2) is 0 Å². The molecule has 6 nitrogen and oxygen atoms in total. The van der Waals surface area contributed by atoms with Gasteiger partial charge in [-0.3, -0.25) is 4.55 Å². The fourth-order valence-corrected chi connectivity index (χ4v) is 1.63. The summed E-state index contributed by atoms with van der Waals surface area (Å²) in [6.45, 7) is 6.70. The second-order valence-corrected chi connectivity index (χ2v) is 4.90. The highest BCUT2D eigenvalue weighted by atomic mass is 32.3. The molecule has 1 rings (SSSR count). The van der Waals surface area contributed by atoms with Crippen LogP contribution in [0.5, 0.6) is 0 Å². The van der Waals surface area contributed by atoms with Gasteiger partial charge in [-0.2, -0.15) is 8.42 Å². The van der Waals surface area contributed by atoms with Gasteiger partial charge in [-0.15, -0.1) is 0 Å². The average molecular weight is 268 g/mol. The van der Waals surface area contributed by atoms with E-state index >= 15 is 0 Å². The van der Waals surface area contributed by atoms with E-state index in [1.165, 1.54) is 0 Å². The second kappa shape index (κ2) is 10.9. The molecule has 0 atom stereocenters. The standard InChI is InChI=1S/C6H14O4S.C4H10N2/c1-2-3-4-5-6-10-11(7,8)9;1-2-6-4-3-5-1/h2-6H2,1H3,(H,7,8,9);5-6H,1-4H2. The van der Waals surface area contributed by atoms with E-state index in [2.05, 4.69) is 21.7 Å². The largest absolute Gasteiger partial charge is 0.397 e. The van der Waals surface area contributed by atoms with E-state index < -0.39 is 10.4 Å². The third kappa shape index (κ3) is 15.8. The Morgan fingerprint density at radius 2 is 1.59 bits per heavy atom. The molecule has 1 heterocycles. The Balaban J connectivity index is 0.000000354. The van der Waals surface area contributed by atoms with Crippen molar-refractivity contribution in [2.45, 2.75) is 32.6 Å². The summed E-state index contributed by atoms with van der Waals surface area (Å²) in [4.78, 5) is 0. The van der Waals surface area contributed by atoms with Crippen LogP contribution in [0.25, 0.3) is 0 Å². The first-order valence-corrected chi connectivity index (χ1v) is 7.46. The van der Waals surface area contributed by atoms with Crippen LogP contribution in [0.2, 0.25) is 0 Å². The number of rotatable bonds is 6. The number of nitrogens with one attached hydrogen (secondary N) is 2. The summed E-state index contributed by atoms with van der Waals surface area (Å²) in [5.74, 6) is 0. The first-order valence-electron chi connectivity index (χ1n) is 6.09. The van der Waals surface area contributed by atoms with E-state index in [4.69, 9.17) is 4.55 Å². The van der Waals surface area contributed by atoms with Crippen LogP contribution < -0.4 is 10.6 Å². The zero-order valence-corrected chi connectivity index (χ0v) is 11.3. The molecule has 1 aliphatic heterocycles. The summed E-state index contributed by atoms with van der Waals surface area (Å²) < 4.78 is 32.2. The van der Waals surface area contributed by atoms with E-state index in [0.717, 1.165) is 45.4 Å². The zero-order chi connectivity index (χ0) is 13.0. The SMILES string of the molecule is C1CNCCN1.CCCCCCOS(=O)(=O)O. The van der Waals surface area contributed by atoms with Gasteiger partial charge in [0, 0.05) is 26.2 Å². The lowest BCUT2D eigenvalue weighted by Gasteiger charge is -2.11. The minimum Gasteiger partial charge on any atom is -0.314 e. The Kier molecular flexibility index (Phi) is 10.8. The van der Waals surface area contributed by atoms with E-state index in [0.29, 0.717) is 6.42 Å². The molecule has 1 saturated heterocycles. The van der Waals surface area contributed by atoms with Gasteiger partial charge in [0.25, 0.3) is 0 Å². The van der Waals surface area contributed by atoms with Gasteiger partial charge < -0.3 is 10.6 Å². The lowest BCUT2D eigenvalue weighted by atomic mass is 10.2. The van der Waals surface area contributed by atoms with Crippen LogP contribution in [0.15, 0.2) is 0 Å². The molecule has 104 valence electrons. The number of piperazine rings is 1. The van der Waals surface area contributed by atoms with Crippen LogP contribution in [0.4, 0.5) is 0 Å². The summed E-state index contributed by atoms with van der Waals surface area (Å²) >= 11 is 0. The van der Waals surface area contributed by atoms with Crippen molar-refractivity contribution in [3.05, 3.63) is 0 Å². The second-order valence-electron chi connectivity index (χ2n) is 3.81. The maximum absolute atomic E-state index is 10.00. The van der Waals surface area contributed by atoms with Gasteiger partial charge in [0.05, 0.1) is 6.61 Å². The van der Waals surface area contributed by atoms with Crippen molar-refractivity contribution in [1.82, 2.24) is 10.6 Å². The van der Waals surface area contributed by atoms with Crippen LogP contribution in [0.1, 0.15) is 32.6 Å². The van der Waals surface area contributed by atoms with Gasteiger partial charge >= 0.3 is 10.4 Å². The molecule has 0 aliphatic carbocycles. The number of hydrogen-bond acceptors (Lipinski definition) is 5. The molecular formula is C10H24N2O4S. The van der Waals surface area contributed by atoms with Crippen LogP contribution in [-0.2, 0) is 14.6 Å². The lowest BCUT2D eigenvalue weighted by Crippen LogP contribution is -2.39. The number of unbranched alkanes of at least 4 members (excludes halogenated alkanes) is 3. The molecule has 0 radical (unpaired) electrons. The molecular weight excluding hydrogens is 244 g/mol. The van der Waals surface area contributed by atoms with Gasteiger partial charge in [-0.25, -0.2) is 4.18 Å². The molecule has 0 amide bonds. The summed E-state index contributed by atoms with van der Waals surface area (Å²) in [7, 11) is -4.21. The molecule has 7 heteroatoms. The van der Waals surface area contributed by atoms with Crippen molar-refractivity contribution in [3.63, 3.8) is 0 Å². The molecule has 0 aromatic heterocycles. The van der Waals surface area contributed by atoms with Crippen LogP contribution in [0.3, 0.4) is 0 Å². The molecule has 0 unspecified atom stereocenters.